The molecule has 0 saturated heterocycles. The smallest absolute Gasteiger partial charge is 0.261 e. The molecule has 3 aromatic rings. The molecule has 0 aliphatic heterocycles. The average molecular weight is 386 g/mol. The van der Waals surface area contributed by atoms with Crippen molar-refractivity contribution in [3.63, 3.8) is 0 Å². The molecule has 0 spiro atoms. The van der Waals surface area contributed by atoms with Gasteiger partial charge in [-0.3, -0.25) is 9.52 Å². The first-order chi connectivity index (χ1) is 12.4. The third-order valence-corrected chi connectivity index (χ3v) is 5.98. The highest BCUT2D eigenvalue weighted by molar-refractivity contribution is 7.98. The van der Waals surface area contributed by atoms with Gasteiger partial charge in [-0.15, -0.1) is 11.8 Å². The second kappa shape index (κ2) is 7.39. The van der Waals surface area contributed by atoms with Crippen molar-refractivity contribution in [3.05, 3.63) is 60.7 Å². The fourth-order valence-corrected chi connectivity index (χ4v) is 4.30. The normalized spacial score (nSPS) is 11.3. The summed E-state index contributed by atoms with van der Waals surface area (Å²) in [5.41, 5.74) is 0.990. The molecule has 0 fully saturated rings. The molecular weight excluding hydrogens is 368 g/mol. The summed E-state index contributed by atoms with van der Waals surface area (Å²) >= 11 is 1.43. The van der Waals surface area contributed by atoms with Crippen molar-refractivity contribution < 1.29 is 13.2 Å². The number of sulfonamides is 1. The molecular formula is C19H18N2O3S2. The van der Waals surface area contributed by atoms with Gasteiger partial charge in [0, 0.05) is 17.2 Å². The summed E-state index contributed by atoms with van der Waals surface area (Å²) in [5.74, 6) is -0.253. The topological polar surface area (TPSA) is 75.3 Å². The zero-order valence-electron chi connectivity index (χ0n) is 14.3. The van der Waals surface area contributed by atoms with Gasteiger partial charge in [-0.25, -0.2) is 8.42 Å². The summed E-state index contributed by atoms with van der Waals surface area (Å²) in [6.45, 7) is 1.39. The van der Waals surface area contributed by atoms with Crippen molar-refractivity contribution in [3.8, 4) is 0 Å². The zero-order valence-corrected chi connectivity index (χ0v) is 15.9. The predicted molar refractivity (Wildman–Crippen MR) is 107 cm³/mol. The Morgan fingerprint density at radius 2 is 1.69 bits per heavy atom. The molecule has 0 radical (unpaired) electrons. The first kappa shape index (κ1) is 18.3. The first-order valence-electron chi connectivity index (χ1n) is 7.87. The number of fused-ring (bicyclic) bond motifs is 1. The van der Waals surface area contributed by atoms with Crippen LogP contribution in [0.15, 0.2) is 70.5 Å². The van der Waals surface area contributed by atoms with Crippen molar-refractivity contribution in [2.75, 3.05) is 16.3 Å². The van der Waals surface area contributed by atoms with Crippen molar-refractivity contribution in [1.82, 2.24) is 0 Å². The maximum Gasteiger partial charge on any atom is 0.261 e. The number of anilines is 2. The van der Waals surface area contributed by atoms with Gasteiger partial charge in [0.2, 0.25) is 5.91 Å². The Morgan fingerprint density at radius 1 is 0.962 bits per heavy atom. The lowest BCUT2D eigenvalue weighted by Crippen LogP contribution is -2.14. The number of hydrogen-bond acceptors (Lipinski definition) is 4. The predicted octanol–water partition coefficient (Wildman–Crippen LogP) is 4.32. The summed E-state index contributed by atoms with van der Waals surface area (Å²) in [4.78, 5) is 12.3. The highest BCUT2D eigenvalue weighted by Gasteiger charge is 2.18. The lowest BCUT2D eigenvalue weighted by molar-refractivity contribution is -0.114. The number of thioether (sulfide) groups is 1. The first-order valence-corrected chi connectivity index (χ1v) is 10.6. The summed E-state index contributed by atoms with van der Waals surface area (Å²) in [6.07, 6.45) is 1.86. The minimum absolute atomic E-state index is 0.0898. The summed E-state index contributed by atoms with van der Waals surface area (Å²) in [7, 11) is -3.80. The third kappa shape index (κ3) is 3.84. The molecule has 3 aromatic carbocycles. The molecule has 0 aliphatic rings. The molecule has 0 heterocycles. The molecule has 5 nitrogen and oxygen atoms in total. The van der Waals surface area contributed by atoms with Gasteiger partial charge in [-0.05, 0) is 35.9 Å². The van der Waals surface area contributed by atoms with Crippen LogP contribution in [0.2, 0.25) is 0 Å². The van der Waals surface area contributed by atoms with Crippen LogP contribution in [0, 0.1) is 0 Å². The van der Waals surface area contributed by atoms with Gasteiger partial charge in [0.15, 0.2) is 0 Å². The molecule has 134 valence electrons. The maximum absolute atomic E-state index is 12.9. The van der Waals surface area contributed by atoms with E-state index in [1.807, 2.05) is 36.6 Å². The van der Waals surface area contributed by atoms with Crippen LogP contribution < -0.4 is 10.0 Å². The second-order valence-corrected chi connectivity index (χ2v) is 8.21. The number of nitrogens with one attached hydrogen (secondary N) is 2. The zero-order chi connectivity index (χ0) is 18.7. The Bertz CT molecular complexity index is 1070. The lowest BCUT2D eigenvalue weighted by atomic mass is 10.1. The number of rotatable bonds is 5. The van der Waals surface area contributed by atoms with Crippen molar-refractivity contribution >= 4 is 49.8 Å². The van der Waals surface area contributed by atoms with Crippen LogP contribution in [-0.4, -0.2) is 20.6 Å². The quantitative estimate of drug-likeness (QED) is 0.640. The van der Waals surface area contributed by atoms with Crippen LogP contribution in [0.5, 0.6) is 0 Å². The van der Waals surface area contributed by atoms with E-state index in [0.29, 0.717) is 11.4 Å². The van der Waals surface area contributed by atoms with Gasteiger partial charge >= 0.3 is 0 Å². The number of hydrogen-bond donors (Lipinski definition) is 2. The van der Waals surface area contributed by atoms with E-state index in [1.54, 1.807) is 18.2 Å². The van der Waals surface area contributed by atoms with E-state index in [1.165, 1.54) is 30.8 Å². The van der Waals surface area contributed by atoms with Crippen LogP contribution >= 0.6 is 11.8 Å². The van der Waals surface area contributed by atoms with Gasteiger partial charge in [0.05, 0.1) is 16.3 Å². The van der Waals surface area contributed by atoms with E-state index in [2.05, 4.69) is 10.0 Å². The molecule has 0 aromatic heterocycles. The van der Waals surface area contributed by atoms with E-state index in [4.69, 9.17) is 0 Å². The van der Waals surface area contributed by atoms with E-state index < -0.39 is 10.0 Å². The van der Waals surface area contributed by atoms with Crippen LogP contribution in [0.4, 0.5) is 11.4 Å². The van der Waals surface area contributed by atoms with Gasteiger partial charge in [0.1, 0.15) is 0 Å². The molecule has 3 rings (SSSR count). The van der Waals surface area contributed by atoms with Gasteiger partial charge in [-0.1, -0.05) is 36.4 Å². The molecule has 1 amide bonds. The second-order valence-electron chi connectivity index (χ2n) is 5.68. The fourth-order valence-electron chi connectivity index (χ4n) is 2.66. The monoisotopic (exact) mass is 386 g/mol. The van der Waals surface area contributed by atoms with Crippen LogP contribution in [0.1, 0.15) is 6.92 Å². The molecule has 0 bridgehead atoms. The third-order valence-electron chi connectivity index (χ3n) is 3.83. The number of carbonyl (C=O) groups is 1. The Morgan fingerprint density at radius 3 is 2.42 bits per heavy atom. The highest BCUT2D eigenvalue weighted by Crippen LogP contribution is 2.30. The Labute approximate surface area is 156 Å². The molecule has 26 heavy (non-hydrogen) atoms. The standard InChI is InChI=1S/C19H18N2O3S2/c1-13(22)20-18-12-15(10-11-19(18)25-2)26(23,24)21-17-9-5-7-14-6-3-4-8-16(14)17/h3-12,21H,1-2H3,(H,20,22). The molecule has 0 saturated carbocycles. The Hall–Kier alpha value is -2.51. The maximum atomic E-state index is 12.9. The van der Waals surface area contributed by atoms with E-state index in [-0.39, 0.29) is 10.8 Å². The average Bonchev–Trinajstić information content (AvgIpc) is 2.61. The number of benzene rings is 3. The van der Waals surface area contributed by atoms with E-state index >= 15 is 0 Å². The SMILES string of the molecule is CSc1ccc(S(=O)(=O)Nc2cccc3ccccc23)cc1NC(C)=O. The van der Waals surface area contributed by atoms with Crippen molar-refractivity contribution in [2.24, 2.45) is 0 Å². The Kier molecular flexibility index (Phi) is 5.20. The fraction of sp³-hybridized carbons (Fsp3) is 0.105. The van der Waals surface area contributed by atoms with Gasteiger partial charge in [-0.2, -0.15) is 0 Å². The highest BCUT2D eigenvalue weighted by atomic mass is 32.2. The number of carbonyl (C=O) groups excluding carboxylic acids is 1. The van der Waals surface area contributed by atoms with Crippen LogP contribution in [0.3, 0.4) is 0 Å². The summed E-state index contributed by atoms with van der Waals surface area (Å²) in [6, 6.07) is 17.7. The lowest BCUT2D eigenvalue weighted by Gasteiger charge is -2.13. The van der Waals surface area contributed by atoms with Gasteiger partial charge in [0.25, 0.3) is 10.0 Å². The van der Waals surface area contributed by atoms with E-state index in [9.17, 15) is 13.2 Å². The van der Waals surface area contributed by atoms with Gasteiger partial charge < -0.3 is 5.32 Å². The Balaban J connectivity index is 2.01. The van der Waals surface area contributed by atoms with E-state index in [0.717, 1.165) is 15.7 Å². The molecule has 7 heteroatoms. The molecule has 0 atom stereocenters. The van der Waals surface area contributed by atoms with Crippen molar-refractivity contribution in [2.45, 2.75) is 16.7 Å². The number of amides is 1. The van der Waals surface area contributed by atoms with Crippen LogP contribution in [-0.2, 0) is 14.8 Å². The summed E-state index contributed by atoms with van der Waals surface area (Å²) in [5, 5.41) is 4.45. The minimum atomic E-state index is -3.80. The van der Waals surface area contributed by atoms with Crippen LogP contribution in [0.25, 0.3) is 10.8 Å². The summed E-state index contributed by atoms with van der Waals surface area (Å²) < 4.78 is 28.4. The van der Waals surface area contributed by atoms with Crippen molar-refractivity contribution in [1.29, 1.82) is 0 Å². The molecule has 2 N–H and O–H groups in total. The minimum Gasteiger partial charge on any atom is -0.325 e. The molecule has 0 unspecified atom stereocenters. The largest absolute Gasteiger partial charge is 0.325 e. The molecule has 0 aliphatic carbocycles.